The Morgan fingerprint density at radius 3 is 2.52 bits per heavy atom. The van der Waals surface area contributed by atoms with Crippen molar-refractivity contribution in [1.82, 2.24) is 16.0 Å². The van der Waals surface area contributed by atoms with E-state index in [1.54, 1.807) is 18.4 Å². The summed E-state index contributed by atoms with van der Waals surface area (Å²) in [7, 11) is 1.63. The van der Waals surface area contributed by atoms with Crippen LogP contribution in [0.4, 0.5) is 0 Å². The van der Waals surface area contributed by atoms with Crippen LogP contribution in [0.2, 0.25) is 0 Å². The predicted octanol–water partition coefficient (Wildman–Crippen LogP) is 3.03. The van der Waals surface area contributed by atoms with Gasteiger partial charge in [0.25, 0.3) is 0 Å². The Morgan fingerprint density at radius 2 is 1.79 bits per heavy atom. The number of carbonyl (C=O) groups excluding carboxylic acids is 1. The molecule has 0 saturated carbocycles. The van der Waals surface area contributed by atoms with Crippen molar-refractivity contribution < 1.29 is 9.90 Å². The van der Waals surface area contributed by atoms with Gasteiger partial charge in [-0.15, -0.1) is 35.3 Å². The van der Waals surface area contributed by atoms with E-state index in [1.165, 1.54) is 0 Å². The number of nitrogens with one attached hydrogen (secondary N) is 3. The van der Waals surface area contributed by atoms with Crippen LogP contribution in [0.5, 0.6) is 0 Å². The Labute approximate surface area is 191 Å². The van der Waals surface area contributed by atoms with Crippen LogP contribution in [0.3, 0.4) is 0 Å². The van der Waals surface area contributed by atoms with Gasteiger partial charge in [0.1, 0.15) is 6.10 Å². The molecule has 29 heavy (non-hydrogen) atoms. The van der Waals surface area contributed by atoms with E-state index >= 15 is 0 Å². The van der Waals surface area contributed by atoms with Crippen LogP contribution in [-0.2, 0) is 11.3 Å². The molecule has 8 heteroatoms. The van der Waals surface area contributed by atoms with Crippen molar-refractivity contribution in [3.63, 3.8) is 0 Å². The number of fused-ring (bicyclic) bond motifs is 1. The number of aliphatic imine (C=N–C) groups is 1. The summed E-state index contributed by atoms with van der Waals surface area (Å²) in [5.41, 5.74) is 1.05. The van der Waals surface area contributed by atoms with Gasteiger partial charge in [-0.1, -0.05) is 48.5 Å². The maximum atomic E-state index is 12.0. The lowest BCUT2D eigenvalue weighted by atomic mass is 10.2. The summed E-state index contributed by atoms with van der Waals surface area (Å²) in [6.45, 7) is 0.891. The molecule has 2 aromatic carbocycles. The van der Waals surface area contributed by atoms with Gasteiger partial charge >= 0.3 is 0 Å². The predicted molar refractivity (Wildman–Crippen MR) is 130 cm³/mol. The van der Waals surface area contributed by atoms with Crippen molar-refractivity contribution in [1.29, 1.82) is 0 Å². The van der Waals surface area contributed by atoms with E-state index in [-0.39, 0.29) is 36.4 Å². The Kier molecular flexibility index (Phi) is 9.36. The number of halogens is 1. The third kappa shape index (κ3) is 6.98. The quantitative estimate of drug-likeness (QED) is 0.218. The molecule has 1 heterocycles. The van der Waals surface area contributed by atoms with E-state index in [0.29, 0.717) is 19.0 Å². The van der Waals surface area contributed by atoms with E-state index in [0.717, 1.165) is 20.5 Å². The first-order valence-corrected chi connectivity index (χ1v) is 9.89. The summed E-state index contributed by atoms with van der Waals surface area (Å²) < 4.78 is 1.15. The standard InChI is InChI=1S/C21H24N4O2S.HI/c1-22-21(25-14-20(27)23-12-15-7-3-2-4-8-15)24-13-17(26)19-11-16-9-5-6-10-18(16)28-19;/h2-11,17,26H,12-14H2,1H3,(H,23,27)(H2,22,24,25);1H. The van der Waals surface area contributed by atoms with E-state index in [2.05, 4.69) is 20.9 Å². The first kappa shape index (κ1) is 23.1. The number of nitrogens with zero attached hydrogens (tertiary/aromatic N) is 1. The Balaban J connectivity index is 0.00000300. The highest BCUT2D eigenvalue weighted by Crippen LogP contribution is 2.29. The average molecular weight is 524 g/mol. The van der Waals surface area contributed by atoms with Gasteiger partial charge in [0, 0.05) is 29.7 Å². The summed E-state index contributed by atoms with van der Waals surface area (Å²) in [6, 6.07) is 19.8. The number of guanidine groups is 1. The van der Waals surface area contributed by atoms with Crippen LogP contribution in [0.25, 0.3) is 10.1 Å². The zero-order valence-electron chi connectivity index (χ0n) is 16.1. The summed E-state index contributed by atoms with van der Waals surface area (Å²) in [5.74, 6) is 0.340. The number of aliphatic hydroxyl groups is 1. The largest absolute Gasteiger partial charge is 0.386 e. The van der Waals surface area contributed by atoms with Crippen LogP contribution >= 0.6 is 35.3 Å². The van der Waals surface area contributed by atoms with E-state index < -0.39 is 6.10 Å². The summed E-state index contributed by atoms with van der Waals surface area (Å²) in [4.78, 5) is 17.0. The molecule has 0 radical (unpaired) electrons. The second-order valence-corrected chi connectivity index (χ2v) is 7.39. The van der Waals surface area contributed by atoms with Crippen molar-refractivity contribution in [2.24, 2.45) is 4.99 Å². The van der Waals surface area contributed by atoms with Crippen molar-refractivity contribution in [2.75, 3.05) is 20.1 Å². The number of benzene rings is 2. The van der Waals surface area contributed by atoms with Gasteiger partial charge in [-0.05, 0) is 23.1 Å². The maximum Gasteiger partial charge on any atom is 0.239 e. The number of thiophene rings is 1. The van der Waals surface area contributed by atoms with Gasteiger partial charge in [-0.25, -0.2) is 0 Å². The van der Waals surface area contributed by atoms with Crippen molar-refractivity contribution in [3.05, 3.63) is 71.1 Å². The molecule has 0 bridgehead atoms. The average Bonchev–Trinajstić information content (AvgIpc) is 3.17. The Hall–Kier alpha value is -2.17. The zero-order chi connectivity index (χ0) is 19.8. The number of carbonyl (C=O) groups is 1. The number of rotatable bonds is 7. The first-order valence-electron chi connectivity index (χ1n) is 9.07. The number of aliphatic hydroxyl groups excluding tert-OH is 1. The molecule has 0 aliphatic rings. The third-order valence-corrected chi connectivity index (χ3v) is 5.43. The molecule has 1 aromatic heterocycles. The molecule has 1 amide bonds. The fourth-order valence-corrected chi connectivity index (χ4v) is 3.75. The van der Waals surface area contributed by atoms with Crippen LogP contribution in [0, 0.1) is 0 Å². The number of hydrogen-bond acceptors (Lipinski definition) is 4. The lowest BCUT2D eigenvalue weighted by Gasteiger charge is -2.14. The molecule has 154 valence electrons. The van der Waals surface area contributed by atoms with Gasteiger partial charge in [0.2, 0.25) is 5.91 Å². The van der Waals surface area contributed by atoms with Gasteiger partial charge in [0.15, 0.2) is 5.96 Å². The fraction of sp³-hybridized carbons (Fsp3) is 0.238. The molecule has 1 atom stereocenters. The van der Waals surface area contributed by atoms with E-state index in [9.17, 15) is 9.90 Å². The van der Waals surface area contributed by atoms with Crippen molar-refractivity contribution in [2.45, 2.75) is 12.6 Å². The van der Waals surface area contributed by atoms with Crippen LogP contribution < -0.4 is 16.0 Å². The Morgan fingerprint density at radius 1 is 1.07 bits per heavy atom. The highest BCUT2D eigenvalue weighted by atomic mass is 127. The summed E-state index contributed by atoms with van der Waals surface area (Å²) in [5, 5.41) is 20.4. The second-order valence-electron chi connectivity index (χ2n) is 6.27. The van der Waals surface area contributed by atoms with Crippen LogP contribution in [0.15, 0.2) is 65.7 Å². The molecule has 6 nitrogen and oxygen atoms in total. The molecular formula is C21H25IN4O2S. The second kappa shape index (κ2) is 11.7. The molecule has 3 rings (SSSR count). The van der Waals surface area contributed by atoms with E-state index in [4.69, 9.17) is 0 Å². The molecular weight excluding hydrogens is 499 g/mol. The minimum absolute atomic E-state index is 0. The molecule has 0 aliphatic heterocycles. The molecule has 0 saturated heterocycles. The normalized spacial score (nSPS) is 12.1. The van der Waals surface area contributed by atoms with Crippen LogP contribution in [-0.4, -0.2) is 37.1 Å². The van der Waals surface area contributed by atoms with Gasteiger partial charge < -0.3 is 21.1 Å². The monoisotopic (exact) mass is 524 g/mol. The number of amides is 1. The summed E-state index contributed by atoms with van der Waals surface area (Å²) >= 11 is 1.57. The smallest absolute Gasteiger partial charge is 0.239 e. The minimum Gasteiger partial charge on any atom is -0.386 e. The van der Waals surface area contributed by atoms with E-state index in [1.807, 2.05) is 60.7 Å². The van der Waals surface area contributed by atoms with Crippen LogP contribution in [0.1, 0.15) is 16.5 Å². The molecule has 3 aromatic rings. The topological polar surface area (TPSA) is 85.8 Å². The van der Waals surface area contributed by atoms with Gasteiger partial charge in [-0.2, -0.15) is 0 Å². The van der Waals surface area contributed by atoms with Gasteiger partial charge in [0.05, 0.1) is 6.54 Å². The highest BCUT2D eigenvalue weighted by molar-refractivity contribution is 14.0. The van der Waals surface area contributed by atoms with Crippen molar-refractivity contribution >= 4 is 57.3 Å². The van der Waals surface area contributed by atoms with Crippen molar-refractivity contribution in [3.8, 4) is 0 Å². The lowest BCUT2D eigenvalue weighted by Crippen LogP contribution is -2.44. The fourth-order valence-electron chi connectivity index (χ4n) is 2.70. The third-order valence-electron chi connectivity index (χ3n) is 4.21. The Bertz CT molecular complexity index is 913. The molecule has 0 fully saturated rings. The maximum absolute atomic E-state index is 12.0. The molecule has 1 unspecified atom stereocenters. The molecule has 4 N–H and O–H groups in total. The highest BCUT2D eigenvalue weighted by Gasteiger charge is 2.12. The number of hydrogen-bond donors (Lipinski definition) is 4. The van der Waals surface area contributed by atoms with Gasteiger partial charge in [-0.3, -0.25) is 9.79 Å². The molecule has 0 aliphatic carbocycles. The first-order chi connectivity index (χ1) is 13.7. The minimum atomic E-state index is -0.650. The zero-order valence-corrected chi connectivity index (χ0v) is 19.2. The lowest BCUT2D eigenvalue weighted by molar-refractivity contribution is -0.120. The molecule has 0 spiro atoms. The SMILES string of the molecule is CN=C(NCC(=O)NCc1ccccc1)NCC(O)c1cc2ccccc2s1.I. The summed E-state index contributed by atoms with van der Waals surface area (Å²) in [6.07, 6.45) is -0.650.